The van der Waals surface area contributed by atoms with E-state index in [0.717, 1.165) is 0 Å². The quantitative estimate of drug-likeness (QED) is 0.703. The van der Waals surface area contributed by atoms with E-state index in [1.54, 1.807) is 30.3 Å². The summed E-state index contributed by atoms with van der Waals surface area (Å²) in [4.78, 5) is 17.4. The molecule has 0 bridgehead atoms. The molecule has 1 aliphatic rings. The minimum absolute atomic E-state index is 0.257. The first-order valence-corrected chi connectivity index (χ1v) is 9.46. The molecule has 1 saturated heterocycles. The van der Waals surface area contributed by atoms with Crippen LogP contribution in [-0.2, 0) is 19.7 Å². The predicted molar refractivity (Wildman–Crippen MR) is 103 cm³/mol. The number of ether oxygens (including phenoxy) is 3. The lowest BCUT2D eigenvalue weighted by Gasteiger charge is -2.36. The molecule has 2 aromatic rings. The molecule has 1 amide bonds. The van der Waals surface area contributed by atoms with E-state index in [-0.39, 0.29) is 11.7 Å². The third kappa shape index (κ3) is 4.66. The van der Waals surface area contributed by atoms with Gasteiger partial charge in [-0.05, 0) is 31.9 Å². The number of rotatable bonds is 8. The molecule has 0 radical (unpaired) electrons. The number of pyridine rings is 1. The maximum Gasteiger partial charge on any atom is 0.235 e. The van der Waals surface area contributed by atoms with E-state index in [1.165, 1.54) is 12.3 Å². The Morgan fingerprint density at radius 1 is 1.21 bits per heavy atom. The number of nitrogens with zero attached hydrogens (tertiary/aromatic N) is 1. The van der Waals surface area contributed by atoms with Crippen molar-refractivity contribution >= 4 is 11.6 Å². The average Bonchev–Trinajstić information content (AvgIpc) is 2.73. The van der Waals surface area contributed by atoms with Gasteiger partial charge in [0, 0.05) is 31.5 Å². The second kappa shape index (κ2) is 9.61. The molecule has 6 nitrogen and oxygen atoms in total. The van der Waals surface area contributed by atoms with Crippen molar-refractivity contribution in [3.63, 3.8) is 0 Å². The van der Waals surface area contributed by atoms with Crippen molar-refractivity contribution in [2.45, 2.75) is 25.2 Å². The van der Waals surface area contributed by atoms with Crippen LogP contribution in [0.25, 0.3) is 0 Å². The van der Waals surface area contributed by atoms with Crippen LogP contribution in [0.3, 0.4) is 0 Å². The van der Waals surface area contributed by atoms with Crippen molar-refractivity contribution in [3.8, 4) is 5.88 Å². The van der Waals surface area contributed by atoms with Gasteiger partial charge in [0.1, 0.15) is 12.4 Å². The van der Waals surface area contributed by atoms with Crippen LogP contribution in [0.15, 0.2) is 42.6 Å². The fourth-order valence-electron chi connectivity index (χ4n) is 3.33. The number of aromatic nitrogens is 1. The Labute approximate surface area is 164 Å². The molecular weight excluding hydrogens is 363 g/mol. The van der Waals surface area contributed by atoms with Gasteiger partial charge in [0.25, 0.3) is 0 Å². The zero-order chi connectivity index (χ0) is 19.8. The summed E-state index contributed by atoms with van der Waals surface area (Å²) >= 11 is 0. The summed E-state index contributed by atoms with van der Waals surface area (Å²) in [6.45, 7) is 4.27. The third-order valence-electron chi connectivity index (χ3n) is 4.85. The van der Waals surface area contributed by atoms with Gasteiger partial charge < -0.3 is 19.5 Å². The van der Waals surface area contributed by atoms with Gasteiger partial charge in [-0.25, -0.2) is 9.37 Å². The molecule has 0 saturated carbocycles. The van der Waals surface area contributed by atoms with E-state index >= 15 is 0 Å². The van der Waals surface area contributed by atoms with Gasteiger partial charge in [-0.3, -0.25) is 4.79 Å². The van der Waals surface area contributed by atoms with Crippen molar-refractivity contribution in [1.29, 1.82) is 0 Å². The van der Waals surface area contributed by atoms with Crippen LogP contribution in [0.4, 0.5) is 10.1 Å². The minimum atomic E-state index is -0.962. The SMILES string of the molecule is CCOCCOc1ccc(NC(=O)C2(c3ccccc3F)CCOCC2)cn1. The Morgan fingerprint density at radius 2 is 2.00 bits per heavy atom. The van der Waals surface area contributed by atoms with E-state index in [2.05, 4.69) is 10.3 Å². The number of anilines is 1. The molecule has 150 valence electrons. The molecule has 7 heteroatoms. The van der Waals surface area contributed by atoms with Gasteiger partial charge in [0.15, 0.2) is 0 Å². The molecule has 1 fully saturated rings. The van der Waals surface area contributed by atoms with Gasteiger partial charge in [-0.2, -0.15) is 0 Å². The lowest BCUT2D eigenvalue weighted by atomic mass is 9.73. The van der Waals surface area contributed by atoms with E-state index in [1.807, 2.05) is 6.92 Å². The monoisotopic (exact) mass is 388 g/mol. The fraction of sp³-hybridized carbons (Fsp3) is 0.429. The molecule has 28 heavy (non-hydrogen) atoms. The highest BCUT2D eigenvalue weighted by molar-refractivity contribution is 5.99. The van der Waals surface area contributed by atoms with Crippen molar-refractivity contribution in [2.24, 2.45) is 0 Å². The van der Waals surface area contributed by atoms with E-state index in [0.29, 0.717) is 63.0 Å². The zero-order valence-corrected chi connectivity index (χ0v) is 15.9. The number of hydrogen-bond acceptors (Lipinski definition) is 5. The highest BCUT2D eigenvalue weighted by Gasteiger charge is 2.43. The van der Waals surface area contributed by atoms with Gasteiger partial charge >= 0.3 is 0 Å². The van der Waals surface area contributed by atoms with E-state index in [9.17, 15) is 9.18 Å². The number of carbonyl (C=O) groups excluding carboxylic acids is 1. The molecule has 1 N–H and O–H groups in total. The molecular formula is C21H25FN2O4. The number of benzene rings is 1. The minimum Gasteiger partial charge on any atom is -0.475 e. The second-order valence-electron chi connectivity index (χ2n) is 6.56. The normalized spacial score (nSPS) is 15.8. The first-order chi connectivity index (χ1) is 13.7. The summed E-state index contributed by atoms with van der Waals surface area (Å²) in [5.74, 6) is -0.184. The van der Waals surface area contributed by atoms with Crippen LogP contribution in [0, 0.1) is 5.82 Å². The summed E-state index contributed by atoms with van der Waals surface area (Å²) in [7, 11) is 0. The molecule has 2 heterocycles. The zero-order valence-electron chi connectivity index (χ0n) is 15.9. The van der Waals surface area contributed by atoms with Crippen molar-refractivity contribution in [3.05, 3.63) is 54.0 Å². The summed E-state index contributed by atoms with van der Waals surface area (Å²) in [5.41, 5.74) is -0.0278. The largest absolute Gasteiger partial charge is 0.475 e. The molecule has 3 rings (SSSR count). The summed E-state index contributed by atoms with van der Waals surface area (Å²) in [6.07, 6.45) is 2.37. The Hall–Kier alpha value is -2.51. The van der Waals surface area contributed by atoms with Gasteiger partial charge in [0.05, 0.1) is 23.9 Å². The van der Waals surface area contributed by atoms with Gasteiger partial charge in [0.2, 0.25) is 11.8 Å². The lowest BCUT2D eigenvalue weighted by Crippen LogP contribution is -2.45. The van der Waals surface area contributed by atoms with Crippen LogP contribution < -0.4 is 10.1 Å². The van der Waals surface area contributed by atoms with E-state index < -0.39 is 5.41 Å². The lowest BCUT2D eigenvalue weighted by molar-refractivity contribution is -0.125. The molecule has 0 atom stereocenters. The molecule has 1 aliphatic heterocycles. The highest BCUT2D eigenvalue weighted by atomic mass is 19.1. The molecule has 1 aromatic carbocycles. The van der Waals surface area contributed by atoms with Gasteiger partial charge in [-0.15, -0.1) is 0 Å². The third-order valence-corrected chi connectivity index (χ3v) is 4.85. The Balaban J connectivity index is 1.71. The van der Waals surface area contributed by atoms with Crippen molar-refractivity contribution in [1.82, 2.24) is 4.98 Å². The fourth-order valence-corrected chi connectivity index (χ4v) is 3.33. The molecule has 0 aliphatic carbocycles. The van der Waals surface area contributed by atoms with Gasteiger partial charge in [-0.1, -0.05) is 18.2 Å². The number of hydrogen-bond donors (Lipinski definition) is 1. The van der Waals surface area contributed by atoms with Crippen LogP contribution >= 0.6 is 0 Å². The van der Waals surface area contributed by atoms with Crippen LogP contribution in [-0.4, -0.2) is 43.9 Å². The maximum absolute atomic E-state index is 14.5. The standard InChI is InChI=1S/C21H25FN2O4/c1-2-26-13-14-28-19-8-7-16(15-23-19)24-20(25)21(9-11-27-12-10-21)17-5-3-4-6-18(17)22/h3-8,15H,2,9-14H2,1H3,(H,24,25). The Morgan fingerprint density at radius 3 is 2.68 bits per heavy atom. The number of nitrogens with one attached hydrogen (secondary N) is 1. The topological polar surface area (TPSA) is 69.7 Å². The average molecular weight is 388 g/mol. The molecule has 1 aromatic heterocycles. The van der Waals surface area contributed by atoms with Crippen LogP contribution in [0.2, 0.25) is 0 Å². The van der Waals surface area contributed by atoms with E-state index in [4.69, 9.17) is 14.2 Å². The van der Waals surface area contributed by atoms with Crippen LogP contribution in [0.5, 0.6) is 5.88 Å². The first kappa shape index (κ1) is 20.2. The summed E-state index contributed by atoms with van der Waals surface area (Å²) in [5, 5.41) is 2.88. The number of carbonyl (C=O) groups is 1. The maximum atomic E-state index is 14.5. The van der Waals surface area contributed by atoms with Crippen molar-refractivity contribution < 1.29 is 23.4 Å². The summed E-state index contributed by atoms with van der Waals surface area (Å²) < 4.78 is 30.6. The Kier molecular flexibility index (Phi) is 6.95. The first-order valence-electron chi connectivity index (χ1n) is 9.46. The number of halogens is 1. The molecule has 0 spiro atoms. The molecule has 0 unspecified atom stereocenters. The second-order valence-corrected chi connectivity index (χ2v) is 6.56. The highest BCUT2D eigenvalue weighted by Crippen LogP contribution is 2.37. The smallest absolute Gasteiger partial charge is 0.235 e. The number of amides is 1. The van der Waals surface area contributed by atoms with Crippen molar-refractivity contribution in [2.75, 3.05) is 38.4 Å². The Bertz CT molecular complexity index is 776. The summed E-state index contributed by atoms with van der Waals surface area (Å²) in [6, 6.07) is 9.83. The van der Waals surface area contributed by atoms with Crippen LogP contribution in [0.1, 0.15) is 25.3 Å². The predicted octanol–water partition coefficient (Wildman–Crippen LogP) is 3.32.